The molecule has 6 nitrogen and oxygen atoms in total. The smallest absolute Gasteiger partial charge is 0.308 e. The van der Waals surface area contributed by atoms with Crippen LogP contribution in [0.1, 0.15) is 28.6 Å². The summed E-state index contributed by atoms with van der Waals surface area (Å²) in [6.07, 6.45) is 2.01. The largest absolute Gasteiger partial charge is 0.322 e. The highest BCUT2D eigenvalue weighted by atomic mass is 19.1. The molecule has 7 heteroatoms. The number of halogens is 1. The van der Waals surface area contributed by atoms with E-state index in [1.807, 2.05) is 90.6 Å². The van der Waals surface area contributed by atoms with Gasteiger partial charge in [-0.25, -0.2) is 13.9 Å². The SMILES string of the molecule is Cc1nn(-c2ccccc2)c2c1CN(C(=O)Nc1cccc(F)c1)[C@@H](c1ccccc1)c1cccn1-2. The summed E-state index contributed by atoms with van der Waals surface area (Å²) in [7, 11) is 0. The number of anilines is 1. The Morgan fingerprint density at radius 3 is 2.44 bits per heavy atom. The lowest BCUT2D eigenvalue weighted by Gasteiger charge is -2.31. The molecule has 0 spiro atoms. The summed E-state index contributed by atoms with van der Waals surface area (Å²) in [5.41, 5.74) is 5.05. The quantitative estimate of drug-likeness (QED) is 0.334. The number of fused-ring (bicyclic) bond motifs is 3. The molecular weight excluding hydrogens is 453 g/mol. The molecule has 3 heterocycles. The minimum absolute atomic E-state index is 0.318. The van der Waals surface area contributed by atoms with E-state index in [9.17, 15) is 9.18 Å². The Kier molecular flexibility index (Phi) is 5.37. The summed E-state index contributed by atoms with van der Waals surface area (Å²) in [5.74, 6) is 0.500. The van der Waals surface area contributed by atoms with E-state index in [0.717, 1.165) is 34.0 Å². The van der Waals surface area contributed by atoms with Crippen LogP contribution in [0.3, 0.4) is 0 Å². The first-order valence-corrected chi connectivity index (χ1v) is 11.8. The topological polar surface area (TPSA) is 55.1 Å². The molecule has 2 aromatic heterocycles. The standard InChI is InChI=1S/C29H24FN5O/c1-20-25-19-34(29(36)31-23-13-8-12-22(30)18-23)27(21-10-4-2-5-11-21)26-16-9-17-33(26)28(25)35(32-20)24-14-6-3-7-15-24/h2-18,27H,19H2,1H3,(H,31,36)/t27-/m0/s1. The molecule has 0 saturated heterocycles. The molecule has 36 heavy (non-hydrogen) atoms. The van der Waals surface area contributed by atoms with E-state index in [2.05, 4.69) is 9.88 Å². The van der Waals surface area contributed by atoms with Crippen molar-refractivity contribution in [1.82, 2.24) is 19.2 Å². The van der Waals surface area contributed by atoms with Crippen LogP contribution in [0.15, 0.2) is 103 Å². The maximum atomic E-state index is 13.9. The van der Waals surface area contributed by atoms with Crippen LogP contribution in [-0.2, 0) is 6.54 Å². The summed E-state index contributed by atoms with van der Waals surface area (Å²) in [5, 5.41) is 7.76. The zero-order chi connectivity index (χ0) is 24.6. The van der Waals surface area contributed by atoms with E-state index < -0.39 is 5.82 Å². The lowest BCUT2D eigenvalue weighted by molar-refractivity contribution is 0.194. The van der Waals surface area contributed by atoms with Gasteiger partial charge in [0.2, 0.25) is 0 Å². The van der Waals surface area contributed by atoms with Crippen molar-refractivity contribution in [3.05, 3.63) is 132 Å². The van der Waals surface area contributed by atoms with Crippen LogP contribution in [0.2, 0.25) is 0 Å². The molecule has 0 aliphatic carbocycles. The van der Waals surface area contributed by atoms with Gasteiger partial charge in [0.1, 0.15) is 11.6 Å². The van der Waals surface area contributed by atoms with Crippen molar-refractivity contribution < 1.29 is 9.18 Å². The summed E-state index contributed by atoms with van der Waals surface area (Å²) in [6, 6.07) is 29.2. The first kappa shape index (κ1) is 21.9. The molecular formula is C29H24FN5O. The zero-order valence-electron chi connectivity index (χ0n) is 19.7. The predicted octanol–water partition coefficient (Wildman–Crippen LogP) is 6.25. The fraction of sp³-hybridized carbons (Fsp3) is 0.103. The molecule has 1 aliphatic rings. The Hall–Kier alpha value is -4.65. The second kappa shape index (κ2) is 8.85. The second-order valence-electron chi connectivity index (χ2n) is 8.82. The number of para-hydroxylation sites is 1. The second-order valence-corrected chi connectivity index (χ2v) is 8.82. The number of benzene rings is 3. The number of aryl methyl sites for hydroxylation is 1. The number of nitrogens with one attached hydrogen (secondary N) is 1. The van der Waals surface area contributed by atoms with Crippen molar-refractivity contribution in [3.8, 4) is 11.5 Å². The number of hydrogen-bond donors (Lipinski definition) is 1. The molecule has 0 bridgehead atoms. The lowest BCUT2D eigenvalue weighted by atomic mass is 10.0. The van der Waals surface area contributed by atoms with Gasteiger partial charge in [-0.1, -0.05) is 54.6 Å². The van der Waals surface area contributed by atoms with Crippen molar-refractivity contribution in [1.29, 1.82) is 0 Å². The molecule has 0 fully saturated rings. The third kappa shape index (κ3) is 3.75. The van der Waals surface area contributed by atoms with Crippen LogP contribution in [0.4, 0.5) is 14.9 Å². The van der Waals surface area contributed by atoms with Gasteiger partial charge >= 0.3 is 6.03 Å². The minimum atomic E-state index is -0.403. The van der Waals surface area contributed by atoms with E-state index in [1.165, 1.54) is 12.1 Å². The Bertz CT molecular complexity index is 1540. The number of nitrogens with zero attached hydrogens (tertiary/aromatic N) is 4. The molecule has 0 radical (unpaired) electrons. The third-order valence-corrected chi connectivity index (χ3v) is 6.54. The van der Waals surface area contributed by atoms with Crippen molar-refractivity contribution in [2.75, 3.05) is 5.32 Å². The summed E-state index contributed by atoms with van der Waals surface area (Å²) in [6.45, 7) is 2.29. The highest BCUT2D eigenvalue weighted by Gasteiger charge is 2.36. The number of carbonyl (C=O) groups is 1. The van der Waals surface area contributed by atoms with Crippen LogP contribution < -0.4 is 5.32 Å². The van der Waals surface area contributed by atoms with E-state index in [1.54, 1.807) is 17.0 Å². The molecule has 6 rings (SSSR count). The molecule has 0 unspecified atom stereocenters. The molecule has 1 N–H and O–H groups in total. The van der Waals surface area contributed by atoms with E-state index >= 15 is 0 Å². The van der Waals surface area contributed by atoms with Gasteiger partial charge < -0.3 is 14.8 Å². The number of rotatable bonds is 3. The first-order chi connectivity index (χ1) is 17.6. The Morgan fingerprint density at radius 2 is 1.69 bits per heavy atom. The molecule has 178 valence electrons. The van der Waals surface area contributed by atoms with Crippen molar-refractivity contribution in [2.24, 2.45) is 0 Å². The van der Waals surface area contributed by atoms with E-state index in [0.29, 0.717) is 12.2 Å². The van der Waals surface area contributed by atoms with Gasteiger partial charge in [0, 0.05) is 17.4 Å². The van der Waals surface area contributed by atoms with E-state index in [-0.39, 0.29) is 12.1 Å². The fourth-order valence-electron chi connectivity index (χ4n) is 4.90. The van der Waals surface area contributed by atoms with Gasteiger partial charge in [-0.3, -0.25) is 0 Å². The Morgan fingerprint density at radius 1 is 0.944 bits per heavy atom. The maximum Gasteiger partial charge on any atom is 0.322 e. The molecule has 0 saturated carbocycles. The lowest BCUT2D eigenvalue weighted by Crippen LogP contribution is -2.38. The monoisotopic (exact) mass is 477 g/mol. The van der Waals surface area contributed by atoms with Gasteiger partial charge in [-0.05, 0) is 55.0 Å². The molecule has 5 aromatic rings. The zero-order valence-corrected chi connectivity index (χ0v) is 19.7. The number of aromatic nitrogens is 3. The minimum Gasteiger partial charge on any atom is -0.308 e. The van der Waals surface area contributed by atoms with Crippen LogP contribution in [0.5, 0.6) is 0 Å². The van der Waals surface area contributed by atoms with Crippen LogP contribution in [0, 0.1) is 12.7 Å². The fourth-order valence-corrected chi connectivity index (χ4v) is 4.90. The summed E-state index contributed by atoms with van der Waals surface area (Å²) in [4.78, 5) is 15.6. The van der Waals surface area contributed by atoms with Gasteiger partial charge in [0.15, 0.2) is 0 Å². The highest BCUT2D eigenvalue weighted by molar-refractivity contribution is 5.90. The molecule has 1 atom stereocenters. The Labute approximate surface area is 208 Å². The first-order valence-electron chi connectivity index (χ1n) is 11.8. The van der Waals surface area contributed by atoms with Crippen molar-refractivity contribution in [2.45, 2.75) is 19.5 Å². The predicted molar refractivity (Wildman–Crippen MR) is 137 cm³/mol. The number of amides is 2. The molecule has 2 amide bonds. The highest BCUT2D eigenvalue weighted by Crippen LogP contribution is 2.38. The maximum absolute atomic E-state index is 13.9. The average Bonchev–Trinajstić information content (AvgIpc) is 3.45. The van der Waals surface area contributed by atoms with Crippen LogP contribution in [-0.4, -0.2) is 25.3 Å². The van der Waals surface area contributed by atoms with Gasteiger partial charge in [0.25, 0.3) is 0 Å². The average molecular weight is 478 g/mol. The van der Waals surface area contributed by atoms with Gasteiger partial charge in [-0.2, -0.15) is 5.10 Å². The van der Waals surface area contributed by atoms with E-state index in [4.69, 9.17) is 5.10 Å². The van der Waals surface area contributed by atoms with Crippen LogP contribution >= 0.6 is 0 Å². The van der Waals surface area contributed by atoms with Crippen LogP contribution in [0.25, 0.3) is 11.5 Å². The molecule has 1 aliphatic heterocycles. The Balaban J connectivity index is 1.53. The van der Waals surface area contributed by atoms with Gasteiger partial charge in [-0.15, -0.1) is 0 Å². The number of urea groups is 1. The van der Waals surface area contributed by atoms with Crippen molar-refractivity contribution in [3.63, 3.8) is 0 Å². The number of carbonyl (C=O) groups excluding carboxylic acids is 1. The molecule has 3 aromatic carbocycles. The normalized spacial score (nSPS) is 14.6. The van der Waals surface area contributed by atoms with Gasteiger partial charge in [0.05, 0.1) is 29.7 Å². The third-order valence-electron chi connectivity index (χ3n) is 6.54. The number of hydrogen-bond acceptors (Lipinski definition) is 2. The van der Waals surface area contributed by atoms with Crippen molar-refractivity contribution >= 4 is 11.7 Å². The summed E-state index contributed by atoms with van der Waals surface area (Å²) >= 11 is 0. The summed E-state index contributed by atoms with van der Waals surface area (Å²) < 4.78 is 17.9.